The summed E-state index contributed by atoms with van der Waals surface area (Å²) < 4.78 is 9.38. The van der Waals surface area contributed by atoms with E-state index in [2.05, 4.69) is 5.32 Å². The van der Waals surface area contributed by atoms with Gasteiger partial charge in [0.05, 0.1) is 18.8 Å². The largest absolute Gasteiger partial charge is 0.496 e. The van der Waals surface area contributed by atoms with Gasteiger partial charge in [-0.1, -0.05) is 54.6 Å². The molecule has 10 nitrogen and oxygen atoms in total. The molecule has 46 heavy (non-hydrogen) atoms. The zero-order chi connectivity index (χ0) is 32.5. The molecule has 1 aliphatic rings. The molecule has 0 spiro atoms. The van der Waals surface area contributed by atoms with Crippen LogP contribution in [-0.2, 0) is 36.6 Å². The quantitative estimate of drug-likeness (QED) is 0.261. The van der Waals surface area contributed by atoms with Gasteiger partial charge >= 0.3 is 0 Å². The van der Waals surface area contributed by atoms with E-state index in [0.717, 1.165) is 32.9 Å². The fraction of sp³-hybridized carbons (Fsp3) is 0.306. The number of nitrogens with one attached hydrogen (secondary N) is 1. The molecule has 3 unspecified atom stereocenters. The van der Waals surface area contributed by atoms with Crippen LogP contribution in [0.5, 0.6) is 5.75 Å². The maximum Gasteiger partial charge on any atom is 0.256 e. The second-order valence-electron chi connectivity index (χ2n) is 12.1. The Balaban J connectivity index is 1.29. The number of fused-ring (bicyclic) bond motifs is 2. The Hall–Kier alpha value is -5.09. The lowest BCUT2D eigenvalue weighted by atomic mass is 10.0. The van der Waals surface area contributed by atoms with Crippen LogP contribution in [0.4, 0.5) is 0 Å². The van der Waals surface area contributed by atoms with Crippen LogP contribution >= 0.6 is 0 Å². The number of likely N-dealkylation sites (N-methyl/N-ethyl adjacent to an activating group) is 1. The van der Waals surface area contributed by atoms with E-state index in [4.69, 9.17) is 4.74 Å². The van der Waals surface area contributed by atoms with Crippen molar-refractivity contribution in [1.82, 2.24) is 24.3 Å². The number of nitrogens with zero attached hydrogens (tertiary/aromatic N) is 4. The number of aliphatic hydroxyl groups excluding tert-OH is 1. The fourth-order valence-corrected chi connectivity index (χ4v) is 6.66. The lowest BCUT2D eigenvalue weighted by molar-refractivity contribution is -0.136. The molecule has 5 aromatic rings. The Morgan fingerprint density at radius 3 is 2.28 bits per heavy atom. The summed E-state index contributed by atoms with van der Waals surface area (Å²) in [6, 6.07) is 21.1. The Kier molecular flexibility index (Phi) is 8.55. The van der Waals surface area contributed by atoms with Crippen molar-refractivity contribution < 1.29 is 24.2 Å². The molecule has 0 bridgehead atoms. The van der Waals surface area contributed by atoms with Gasteiger partial charge in [0, 0.05) is 86.8 Å². The molecule has 3 amide bonds. The SMILES string of the molecule is COc1ccccc1CN(C)C(=O)C(Cc1cn(C)c2ccccc12)NC(=O)C1CC(O)CN1C(=O)c1cn(C)c2ccccc12. The highest BCUT2D eigenvalue weighted by Crippen LogP contribution is 2.28. The van der Waals surface area contributed by atoms with Crippen LogP contribution in [0.2, 0.25) is 0 Å². The summed E-state index contributed by atoms with van der Waals surface area (Å²) in [4.78, 5) is 45.1. The molecular weight excluding hydrogens is 582 g/mol. The third kappa shape index (κ3) is 5.83. The second-order valence-corrected chi connectivity index (χ2v) is 12.1. The Bertz CT molecular complexity index is 1930. The molecule has 3 aromatic carbocycles. The summed E-state index contributed by atoms with van der Waals surface area (Å²) >= 11 is 0. The number of likely N-dealkylation sites (tertiary alicyclic amines) is 1. The molecule has 2 aromatic heterocycles. The van der Waals surface area contributed by atoms with E-state index < -0.39 is 24.1 Å². The zero-order valence-electron chi connectivity index (χ0n) is 26.5. The number of ether oxygens (including phenoxy) is 1. The van der Waals surface area contributed by atoms with Gasteiger partial charge in [-0.05, 0) is 23.8 Å². The van der Waals surface area contributed by atoms with Crippen LogP contribution in [0.3, 0.4) is 0 Å². The molecule has 2 N–H and O–H groups in total. The number of methoxy groups -OCH3 is 1. The molecule has 6 rings (SSSR count). The number of para-hydroxylation sites is 3. The van der Waals surface area contributed by atoms with Crippen molar-refractivity contribution in [1.29, 1.82) is 0 Å². The number of aryl methyl sites for hydroxylation is 2. The summed E-state index contributed by atoms with van der Waals surface area (Å²) in [5, 5.41) is 15.4. The molecule has 10 heteroatoms. The number of hydrogen-bond acceptors (Lipinski definition) is 5. The van der Waals surface area contributed by atoms with Crippen LogP contribution in [-0.4, -0.2) is 80.7 Å². The van der Waals surface area contributed by atoms with Crippen molar-refractivity contribution in [2.45, 2.75) is 37.6 Å². The van der Waals surface area contributed by atoms with Crippen molar-refractivity contribution in [2.75, 3.05) is 20.7 Å². The fourth-order valence-electron chi connectivity index (χ4n) is 6.66. The van der Waals surface area contributed by atoms with Gasteiger partial charge in [-0.15, -0.1) is 0 Å². The predicted molar refractivity (Wildman–Crippen MR) is 176 cm³/mol. The average molecular weight is 622 g/mol. The van der Waals surface area contributed by atoms with Crippen molar-refractivity contribution >= 4 is 39.5 Å². The first-order chi connectivity index (χ1) is 22.2. The van der Waals surface area contributed by atoms with E-state index in [9.17, 15) is 19.5 Å². The normalized spacial score (nSPS) is 16.9. The van der Waals surface area contributed by atoms with Gasteiger partial charge in [0.15, 0.2) is 0 Å². The molecule has 3 atom stereocenters. The van der Waals surface area contributed by atoms with Gasteiger partial charge in [0.25, 0.3) is 5.91 Å². The molecule has 1 fully saturated rings. The van der Waals surface area contributed by atoms with E-state index in [1.54, 1.807) is 25.3 Å². The number of aliphatic hydroxyl groups is 1. The smallest absolute Gasteiger partial charge is 0.256 e. The molecule has 238 valence electrons. The van der Waals surface area contributed by atoms with Crippen molar-refractivity contribution in [3.8, 4) is 5.75 Å². The van der Waals surface area contributed by atoms with Gasteiger partial charge in [-0.25, -0.2) is 0 Å². The number of rotatable bonds is 9. The van der Waals surface area contributed by atoms with Crippen LogP contribution in [0.1, 0.15) is 27.9 Å². The minimum Gasteiger partial charge on any atom is -0.496 e. The van der Waals surface area contributed by atoms with Crippen molar-refractivity contribution in [2.24, 2.45) is 14.1 Å². The van der Waals surface area contributed by atoms with Gasteiger partial charge in [-0.2, -0.15) is 0 Å². The molecule has 0 radical (unpaired) electrons. The predicted octanol–water partition coefficient (Wildman–Crippen LogP) is 3.64. The van der Waals surface area contributed by atoms with Gasteiger partial charge in [0.1, 0.15) is 17.8 Å². The van der Waals surface area contributed by atoms with Crippen LogP contribution in [0, 0.1) is 0 Å². The highest BCUT2D eigenvalue weighted by molar-refractivity contribution is 6.08. The first-order valence-corrected chi connectivity index (χ1v) is 15.4. The number of hydrogen-bond donors (Lipinski definition) is 2. The summed E-state index contributed by atoms with van der Waals surface area (Å²) in [6.45, 7) is 0.300. The standard InChI is InChI=1S/C36H39N5O5/c1-38-20-24(26-12-6-8-14-30(26)38)17-29(36(45)40(3)19-23-11-5-10-16-33(23)46-4)37-34(43)32-18-25(42)21-41(32)35(44)28-22-39(2)31-15-9-7-13-27(28)31/h5-16,20,22,25,29,32,42H,17-19,21H2,1-4H3,(H,37,43). The lowest BCUT2D eigenvalue weighted by Crippen LogP contribution is -2.54. The minimum absolute atomic E-state index is 0.0236. The Morgan fingerprint density at radius 1 is 0.913 bits per heavy atom. The van der Waals surface area contributed by atoms with Crippen LogP contribution in [0.15, 0.2) is 85.2 Å². The van der Waals surface area contributed by atoms with Gasteiger partial charge in [-0.3, -0.25) is 14.4 Å². The summed E-state index contributed by atoms with van der Waals surface area (Å²) in [5.74, 6) is -0.426. The number of carbonyl (C=O) groups is 3. The summed E-state index contributed by atoms with van der Waals surface area (Å²) in [5.41, 5.74) is 4.12. The van der Waals surface area contributed by atoms with E-state index in [1.807, 2.05) is 102 Å². The number of amides is 3. The van der Waals surface area contributed by atoms with Crippen molar-refractivity contribution in [3.63, 3.8) is 0 Å². The summed E-state index contributed by atoms with van der Waals surface area (Å²) in [7, 11) is 7.11. The van der Waals surface area contributed by atoms with Gasteiger partial charge < -0.3 is 34.1 Å². The number of β-amino-alcohol motifs (C(OH)–C–C–N with tert-alkyl or cyclic N) is 1. The minimum atomic E-state index is -0.941. The van der Waals surface area contributed by atoms with E-state index in [-0.39, 0.29) is 37.7 Å². The molecule has 3 heterocycles. The molecule has 0 aliphatic carbocycles. The topological polar surface area (TPSA) is 109 Å². The van der Waals surface area contributed by atoms with Crippen LogP contribution in [0.25, 0.3) is 21.8 Å². The lowest BCUT2D eigenvalue weighted by Gasteiger charge is -2.28. The number of benzene rings is 3. The van der Waals surface area contributed by atoms with E-state index in [0.29, 0.717) is 11.3 Å². The highest BCUT2D eigenvalue weighted by atomic mass is 16.5. The third-order valence-electron chi connectivity index (χ3n) is 8.96. The zero-order valence-corrected chi connectivity index (χ0v) is 26.5. The monoisotopic (exact) mass is 621 g/mol. The van der Waals surface area contributed by atoms with Crippen LogP contribution < -0.4 is 10.1 Å². The molecule has 1 saturated heterocycles. The average Bonchev–Trinajstić information content (AvgIpc) is 3.73. The number of carbonyl (C=O) groups excluding carboxylic acids is 3. The third-order valence-corrected chi connectivity index (χ3v) is 8.96. The number of aromatic nitrogens is 2. The van der Waals surface area contributed by atoms with E-state index in [1.165, 1.54) is 4.90 Å². The Morgan fingerprint density at radius 2 is 1.54 bits per heavy atom. The molecular formula is C36H39N5O5. The maximum absolute atomic E-state index is 14.1. The summed E-state index contributed by atoms with van der Waals surface area (Å²) in [6.07, 6.45) is 3.19. The molecule has 0 saturated carbocycles. The first kappa shape index (κ1) is 30.9. The van der Waals surface area contributed by atoms with Gasteiger partial charge in [0.2, 0.25) is 11.8 Å². The first-order valence-electron chi connectivity index (χ1n) is 15.4. The van der Waals surface area contributed by atoms with E-state index >= 15 is 0 Å². The van der Waals surface area contributed by atoms with Crippen molar-refractivity contribution in [3.05, 3.63) is 102 Å². The maximum atomic E-state index is 14.1. The molecule has 1 aliphatic heterocycles. The Labute approximate surface area is 267 Å². The highest BCUT2D eigenvalue weighted by Gasteiger charge is 2.41. The second kappa shape index (κ2) is 12.7.